The summed E-state index contributed by atoms with van der Waals surface area (Å²) in [7, 11) is -3.48. The number of hydrogen-bond acceptors (Lipinski definition) is 5. The maximum atomic E-state index is 12.6. The van der Waals surface area contributed by atoms with Crippen LogP contribution in [0.3, 0.4) is 0 Å². The molecule has 1 aromatic rings. The smallest absolute Gasteiger partial charge is 0.243 e. The Labute approximate surface area is 142 Å². The monoisotopic (exact) mass is 353 g/mol. The molecule has 2 heterocycles. The molecule has 1 amide bonds. The first kappa shape index (κ1) is 17.3. The molecule has 0 aliphatic carbocycles. The van der Waals surface area contributed by atoms with Crippen LogP contribution in [0.2, 0.25) is 0 Å². The van der Waals surface area contributed by atoms with Gasteiger partial charge in [-0.2, -0.15) is 4.31 Å². The molecule has 0 radical (unpaired) electrons. The Balaban J connectivity index is 1.54. The lowest BCUT2D eigenvalue weighted by molar-refractivity contribution is -0.133. The van der Waals surface area contributed by atoms with Gasteiger partial charge in [-0.25, -0.2) is 8.42 Å². The minimum Gasteiger partial charge on any atom is -0.378 e. The summed E-state index contributed by atoms with van der Waals surface area (Å²) in [6.45, 7) is 3.52. The predicted octanol–water partition coefficient (Wildman–Crippen LogP) is -0.102. The van der Waals surface area contributed by atoms with Crippen LogP contribution in [-0.4, -0.2) is 75.5 Å². The van der Waals surface area contributed by atoms with Gasteiger partial charge in [-0.15, -0.1) is 0 Å². The average Bonchev–Trinajstić information content (AvgIpc) is 2.63. The molecule has 2 aliphatic heterocycles. The van der Waals surface area contributed by atoms with Crippen molar-refractivity contribution in [3.8, 4) is 0 Å². The van der Waals surface area contributed by atoms with Crippen LogP contribution in [0.5, 0.6) is 0 Å². The van der Waals surface area contributed by atoms with Crippen LogP contribution in [0, 0.1) is 0 Å². The number of rotatable bonds is 4. The Morgan fingerprint density at radius 2 is 1.88 bits per heavy atom. The number of nitrogens with one attached hydrogen (secondary N) is 1. The van der Waals surface area contributed by atoms with E-state index in [1.807, 2.05) is 0 Å². The molecule has 24 heavy (non-hydrogen) atoms. The van der Waals surface area contributed by atoms with Gasteiger partial charge >= 0.3 is 0 Å². The van der Waals surface area contributed by atoms with Crippen molar-refractivity contribution in [2.24, 2.45) is 0 Å². The third-order valence-corrected chi connectivity index (χ3v) is 6.30. The number of ether oxygens (including phenoxy) is 1. The van der Waals surface area contributed by atoms with E-state index in [4.69, 9.17) is 4.74 Å². The van der Waals surface area contributed by atoms with Crippen molar-refractivity contribution in [1.29, 1.82) is 0 Å². The fraction of sp³-hybridized carbons (Fsp3) is 0.562. The fourth-order valence-corrected chi connectivity index (χ4v) is 4.45. The highest BCUT2D eigenvalue weighted by Crippen LogP contribution is 2.17. The Morgan fingerprint density at radius 1 is 1.17 bits per heavy atom. The SMILES string of the molecule is O=C(CC1COCCN1)N1CCN(S(=O)(=O)c2ccccc2)CC1. The molecule has 1 aromatic carbocycles. The first-order valence-electron chi connectivity index (χ1n) is 8.21. The largest absolute Gasteiger partial charge is 0.378 e. The predicted molar refractivity (Wildman–Crippen MR) is 89.0 cm³/mol. The van der Waals surface area contributed by atoms with E-state index in [-0.39, 0.29) is 11.9 Å². The van der Waals surface area contributed by atoms with Crippen molar-refractivity contribution in [3.63, 3.8) is 0 Å². The van der Waals surface area contributed by atoms with E-state index in [1.165, 1.54) is 4.31 Å². The molecule has 3 rings (SSSR count). The lowest BCUT2D eigenvalue weighted by Crippen LogP contribution is -2.52. The van der Waals surface area contributed by atoms with Gasteiger partial charge in [0.25, 0.3) is 0 Å². The van der Waals surface area contributed by atoms with Crippen molar-refractivity contribution in [2.75, 3.05) is 45.9 Å². The second-order valence-electron chi connectivity index (χ2n) is 6.03. The van der Waals surface area contributed by atoms with E-state index in [0.717, 1.165) is 6.54 Å². The van der Waals surface area contributed by atoms with Crippen molar-refractivity contribution in [2.45, 2.75) is 17.4 Å². The molecule has 0 spiro atoms. The van der Waals surface area contributed by atoms with Crippen molar-refractivity contribution >= 4 is 15.9 Å². The van der Waals surface area contributed by atoms with Crippen LogP contribution in [0.1, 0.15) is 6.42 Å². The Hall–Kier alpha value is -1.48. The lowest BCUT2D eigenvalue weighted by Gasteiger charge is -2.35. The van der Waals surface area contributed by atoms with E-state index in [9.17, 15) is 13.2 Å². The van der Waals surface area contributed by atoms with Gasteiger partial charge < -0.3 is 15.0 Å². The maximum Gasteiger partial charge on any atom is 0.243 e. The van der Waals surface area contributed by atoms with Crippen molar-refractivity contribution in [1.82, 2.24) is 14.5 Å². The zero-order chi connectivity index (χ0) is 17.0. The quantitative estimate of drug-likeness (QED) is 0.818. The topological polar surface area (TPSA) is 79.0 Å². The van der Waals surface area contributed by atoms with E-state index in [0.29, 0.717) is 50.7 Å². The van der Waals surface area contributed by atoms with Gasteiger partial charge in [0, 0.05) is 45.2 Å². The van der Waals surface area contributed by atoms with Crippen molar-refractivity contribution < 1.29 is 17.9 Å². The first-order chi connectivity index (χ1) is 11.6. The maximum absolute atomic E-state index is 12.6. The van der Waals surface area contributed by atoms with Gasteiger partial charge in [-0.1, -0.05) is 18.2 Å². The summed E-state index contributed by atoms with van der Waals surface area (Å²) in [5, 5.41) is 3.26. The molecule has 2 aliphatic rings. The van der Waals surface area contributed by atoms with Crippen LogP contribution < -0.4 is 5.32 Å². The molecule has 1 N–H and O–H groups in total. The van der Waals surface area contributed by atoms with Crippen LogP contribution in [0.25, 0.3) is 0 Å². The van der Waals surface area contributed by atoms with Crippen LogP contribution in [-0.2, 0) is 19.6 Å². The molecule has 2 fully saturated rings. The Bertz CT molecular complexity index is 651. The molecular formula is C16H23N3O4S. The number of piperazine rings is 1. The fourth-order valence-electron chi connectivity index (χ4n) is 3.01. The van der Waals surface area contributed by atoms with Crippen molar-refractivity contribution in [3.05, 3.63) is 30.3 Å². The van der Waals surface area contributed by atoms with Crippen LogP contribution >= 0.6 is 0 Å². The summed E-state index contributed by atoms with van der Waals surface area (Å²) in [5.74, 6) is 0.0507. The normalized spacial score (nSPS) is 23.2. The Kier molecular flexibility index (Phi) is 5.50. The highest BCUT2D eigenvalue weighted by molar-refractivity contribution is 7.89. The second kappa shape index (κ2) is 7.60. The lowest BCUT2D eigenvalue weighted by atomic mass is 10.1. The van der Waals surface area contributed by atoms with E-state index < -0.39 is 10.0 Å². The van der Waals surface area contributed by atoms with Gasteiger partial charge in [0.15, 0.2) is 0 Å². The number of morpholine rings is 1. The zero-order valence-electron chi connectivity index (χ0n) is 13.6. The van der Waals surface area contributed by atoms with E-state index in [2.05, 4.69) is 5.32 Å². The third kappa shape index (κ3) is 3.94. The van der Waals surface area contributed by atoms with E-state index >= 15 is 0 Å². The minimum atomic E-state index is -3.48. The van der Waals surface area contributed by atoms with Crippen LogP contribution in [0.4, 0.5) is 0 Å². The average molecular weight is 353 g/mol. The molecule has 0 saturated carbocycles. The molecule has 8 heteroatoms. The number of benzene rings is 1. The standard InChI is InChI=1S/C16H23N3O4S/c20-16(12-14-13-23-11-6-17-14)18-7-9-19(10-8-18)24(21,22)15-4-2-1-3-5-15/h1-5,14,17H,6-13H2. The molecule has 2 saturated heterocycles. The zero-order valence-corrected chi connectivity index (χ0v) is 14.4. The first-order valence-corrected chi connectivity index (χ1v) is 9.65. The van der Waals surface area contributed by atoms with Gasteiger partial charge in [0.05, 0.1) is 18.1 Å². The molecule has 1 unspecified atom stereocenters. The highest BCUT2D eigenvalue weighted by atomic mass is 32.2. The summed E-state index contributed by atoms with van der Waals surface area (Å²) in [6.07, 6.45) is 0.394. The van der Waals surface area contributed by atoms with Crippen LogP contribution in [0.15, 0.2) is 35.2 Å². The van der Waals surface area contributed by atoms with Gasteiger partial charge in [0.1, 0.15) is 0 Å². The van der Waals surface area contributed by atoms with Gasteiger partial charge in [0.2, 0.25) is 15.9 Å². The number of sulfonamides is 1. The summed E-state index contributed by atoms with van der Waals surface area (Å²) in [4.78, 5) is 14.4. The summed E-state index contributed by atoms with van der Waals surface area (Å²) in [6, 6.07) is 8.47. The second-order valence-corrected chi connectivity index (χ2v) is 7.97. The number of carbonyl (C=O) groups is 1. The number of nitrogens with zero attached hydrogens (tertiary/aromatic N) is 2. The molecule has 1 atom stereocenters. The molecule has 132 valence electrons. The summed E-state index contributed by atoms with van der Waals surface area (Å²) < 4.78 is 32.0. The molecule has 0 aromatic heterocycles. The number of carbonyl (C=O) groups excluding carboxylic acids is 1. The number of amides is 1. The minimum absolute atomic E-state index is 0.0507. The summed E-state index contributed by atoms with van der Waals surface area (Å²) >= 11 is 0. The number of hydrogen-bond donors (Lipinski definition) is 1. The molecular weight excluding hydrogens is 330 g/mol. The van der Waals surface area contributed by atoms with Gasteiger partial charge in [-0.3, -0.25) is 4.79 Å². The Morgan fingerprint density at radius 3 is 2.50 bits per heavy atom. The summed E-state index contributed by atoms with van der Waals surface area (Å²) in [5.41, 5.74) is 0. The third-order valence-electron chi connectivity index (χ3n) is 4.39. The van der Waals surface area contributed by atoms with E-state index in [1.54, 1.807) is 35.2 Å². The van der Waals surface area contributed by atoms with Gasteiger partial charge in [-0.05, 0) is 12.1 Å². The molecule has 0 bridgehead atoms. The highest BCUT2D eigenvalue weighted by Gasteiger charge is 2.30. The molecule has 7 nitrogen and oxygen atoms in total.